The molecule has 6 nitrogen and oxygen atoms in total. The first-order chi connectivity index (χ1) is 13.2. The van der Waals surface area contributed by atoms with Crippen LogP contribution in [-0.4, -0.2) is 32.8 Å². The summed E-state index contributed by atoms with van der Waals surface area (Å²) in [7, 11) is 0. The number of thiazole rings is 1. The van der Waals surface area contributed by atoms with Crippen molar-refractivity contribution in [2.75, 3.05) is 6.54 Å². The molecule has 0 saturated heterocycles. The molecule has 2 aromatic heterocycles. The molecule has 148 valence electrons. The molecule has 0 unspecified atom stereocenters. The highest BCUT2D eigenvalue weighted by Crippen LogP contribution is 2.21. The molecule has 0 bridgehead atoms. The number of hydrogen-bond acceptors (Lipinski definition) is 5. The fourth-order valence-corrected chi connectivity index (χ4v) is 3.68. The van der Waals surface area contributed by atoms with Gasteiger partial charge in [-0.3, -0.25) is 4.79 Å². The molecule has 0 aliphatic carbocycles. The molecule has 1 N–H and O–H groups in total. The van der Waals surface area contributed by atoms with Gasteiger partial charge in [-0.05, 0) is 58.0 Å². The molecule has 0 fully saturated rings. The van der Waals surface area contributed by atoms with Gasteiger partial charge in [0.1, 0.15) is 5.75 Å². The molecule has 8 heteroatoms. The molecule has 28 heavy (non-hydrogen) atoms. The van der Waals surface area contributed by atoms with Gasteiger partial charge in [-0.25, -0.2) is 9.67 Å². The first-order valence-electron chi connectivity index (χ1n) is 8.95. The Hall–Kier alpha value is -2.38. The van der Waals surface area contributed by atoms with E-state index in [1.165, 1.54) is 11.3 Å². The molecule has 1 amide bonds. The fourth-order valence-electron chi connectivity index (χ4n) is 2.69. The zero-order valence-corrected chi connectivity index (χ0v) is 17.9. The van der Waals surface area contributed by atoms with E-state index in [1.54, 1.807) is 38.1 Å². The number of carbonyl (C=O) groups excluding carboxylic acids is 1. The Kier molecular flexibility index (Phi) is 6.05. The molecule has 0 radical (unpaired) electrons. The predicted molar refractivity (Wildman–Crippen MR) is 112 cm³/mol. The molecule has 2 heterocycles. The van der Waals surface area contributed by atoms with E-state index in [0.29, 0.717) is 23.7 Å². The average Bonchev–Trinajstić information content (AvgIpc) is 3.22. The van der Waals surface area contributed by atoms with Crippen molar-refractivity contribution in [3.63, 3.8) is 0 Å². The number of nitrogens with one attached hydrogen (secondary N) is 1. The number of aryl methyl sites for hydroxylation is 2. The Labute approximate surface area is 173 Å². The number of rotatable bonds is 7. The van der Waals surface area contributed by atoms with Gasteiger partial charge in [-0.2, -0.15) is 5.10 Å². The smallest absolute Gasteiger partial charge is 0.263 e. The first-order valence-corrected chi connectivity index (χ1v) is 10.2. The largest absolute Gasteiger partial charge is 0.478 e. The van der Waals surface area contributed by atoms with Crippen LogP contribution in [0.15, 0.2) is 35.7 Å². The van der Waals surface area contributed by atoms with Gasteiger partial charge in [0.15, 0.2) is 5.60 Å². The van der Waals surface area contributed by atoms with Gasteiger partial charge in [0.25, 0.3) is 5.91 Å². The second kappa shape index (κ2) is 8.32. The molecular weight excluding hydrogens is 396 g/mol. The van der Waals surface area contributed by atoms with Crippen molar-refractivity contribution in [3.05, 3.63) is 57.8 Å². The van der Waals surface area contributed by atoms with E-state index in [9.17, 15) is 4.79 Å². The number of nitrogens with zero attached hydrogens (tertiary/aromatic N) is 3. The van der Waals surface area contributed by atoms with Crippen molar-refractivity contribution < 1.29 is 9.53 Å². The van der Waals surface area contributed by atoms with Crippen molar-refractivity contribution in [1.82, 2.24) is 20.1 Å². The van der Waals surface area contributed by atoms with Crippen LogP contribution in [0.4, 0.5) is 0 Å². The van der Waals surface area contributed by atoms with Crippen LogP contribution in [0.5, 0.6) is 5.75 Å². The Morgan fingerprint density at radius 1 is 1.29 bits per heavy atom. The van der Waals surface area contributed by atoms with Crippen LogP contribution in [0.3, 0.4) is 0 Å². The van der Waals surface area contributed by atoms with Crippen LogP contribution in [-0.2, 0) is 11.2 Å². The standard InChI is InChI=1S/C20H23ClN4O2S/c1-13-11-14(2)25(24-13)19-23-16(12-28-19)9-10-22-18(26)20(3,4)27-17-7-5-15(21)6-8-17/h5-8,11-12H,9-10H2,1-4H3,(H,22,26). The van der Waals surface area contributed by atoms with E-state index in [4.69, 9.17) is 16.3 Å². The maximum atomic E-state index is 12.5. The summed E-state index contributed by atoms with van der Waals surface area (Å²) in [5.74, 6) is 0.412. The summed E-state index contributed by atoms with van der Waals surface area (Å²) in [5.41, 5.74) is 1.94. The van der Waals surface area contributed by atoms with Crippen LogP contribution in [0.25, 0.3) is 5.13 Å². The lowest BCUT2D eigenvalue weighted by Crippen LogP contribution is -2.47. The number of carbonyl (C=O) groups is 1. The lowest BCUT2D eigenvalue weighted by atomic mass is 10.1. The van der Waals surface area contributed by atoms with Crippen molar-refractivity contribution in [1.29, 1.82) is 0 Å². The monoisotopic (exact) mass is 418 g/mol. The summed E-state index contributed by atoms with van der Waals surface area (Å²) in [5, 5.41) is 10.8. The normalized spacial score (nSPS) is 11.5. The summed E-state index contributed by atoms with van der Waals surface area (Å²) < 4.78 is 7.64. The van der Waals surface area contributed by atoms with E-state index in [0.717, 1.165) is 22.2 Å². The van der Waals surface area contributed by atoms with Crippen molar-refractivity contribution in [2.24, 2.45) is 0 Å². The number of halogens is 1. The summed E-state index contributed by atoms with van der Waals surface area (Å²) >= 11 is 7.42. The topological polar surface area (TPSA) is 69.0 Å². The Morgan fingerprint density at radius 2 is 2.00 bits per heavy atom. The van der Waals surface area contributed by atoms with Gasteiger partial charge >= 0.3 is 0 Å². The molecule has 0 spiro atoms. The van der Waals surface area contributed by atoms with Gasteiger partial charge < -0.3 is 10.1 Å². The molecular formula is C20H23ClN4O2S. The van der Waals surface area contributed by atoms with E-state index in [-0.39, 0.29) is 5.91 Å². The van der Waals surface area contributed by atoms with Crippen LogP contribution in [0.1, 0.15) is 30.9 Å². The Balaban J connectivity index is 1.53. The van der Waals surface area contributed by atoms with Crippen LogP contribution < -0.4 is 10.1 Å². The minimum Gasteiger partial charge on any atom is -0.478 e. The van der Waals surface area contributed by atoms with Crippen LogP contribution in [0.2, 0.25) is 5.02 Å². The zero-order chi connectivity index (χ0) is 20.3. The number of aromatic nitrogens is 3. The lowest BCUT2D eigenvalue weighted by Gasteiger charge is -2.25. The molecule has 1 aromatic carbocycles. The average molecular weight is 419 g/mol. The highest BCUT2D eigenvalue weighted by Gasteiger charge is 2.29. The number of benzene rings is 1. The summed E-state index contributed by atoms with van der Waals surface area (Å²) in [6.45, 7) is 7.92. The van der Waals surface area contributed by atoms with Gasteiger partial charge in [-0.15, -0.1) is 11.3 Å². The Morgan fingerprint density at radius 3 is 2.64 bits per heavy atom. The first kappa shape index (κ1) is 20.4. The molecule has 0 atom stereocenters. The van der Waals surface area contributed by atoms with E-state index in [1.807, 2.05) is 30.0 Å². The van der Waals surface area contributed by atoms with Gasteiger partial charge in [0, 0.05) is 29.1 Å². The van der Waals surface area contributed by atoms with Gasteiger partial charge in [0.05, 0.1) is 11.4 Å². The molecule has 0 aliphatic heterocycles. The van der Waals surface area contributed by atoms with Crippen molar-refractivity contribution >= 4 is 28.8 Å². The summed E-state index contributed by atoms with van der Waals surface area (Å²) in [4.78, 5) is 17.1. The highest BCUT2D eigenvalue weighted by molar-refractivity contribution is 7.12. The maximum Gasteiger partial charge on any atom is 0.263 e. The quantitative estimate of drug-likeness (QED) is 0.626. The fraction of sp³-hybridized carbons (Fsp3) is 0.350. The highest BCUT2D eigenvalue weighted by atomic mass is 35.5. The molecule has 3 aromatic rings. The van der Waals surface area contributed by atoms with Crippen molar-refractivity contribution in [3.8, 4) is 10.9 Å². The number of hydrogen-bond donors (Lipinski definition) is 1. The van der Waals surface area contributed by atoms with Gasteiger partial charge in [-0.1, -0.05) is 11.6 Å². The minimum absolute atomic E-state index is 0.184. The molecule has 3 rings (SSSR count). The lowest BCUT2D eigenvalue weighted by molar-refractivity contribution is -0.134. The third-order valence-electron chi connectivity index (χ3n) is 4.13. The summed E-state index contributed by atoms with van der Waals surface area (Å²) in [6, 6.07) is 8.96. The molecule has 0 saturated carbocycles. The van der Waals surface area contributed by atoms with Gasteiger partial charge in [0.2, 0.25) is 5.13 Å². The SMILES string of the molecule is Cc1cc(C)n(-c2nc(CCNC(=O)C(C)(C)Oc3ccc(Cl)cc3)cs2)n1. The minimum atomic E-state index is -0.995. The second-order valence-corrected chi connectivity index (χ2v) is 8.31. The maximum absolute atomic E-state index is 12.5. The van der Waals surface area contributed by atoms with E-state index < -0.39 is 5.60 Å². The Bertz CT molecular complexity index is 963. The third kappa shape index (κ3) is 4.91. The van der Waals surface area contributed by atoms with Crippen molar-refractivity contribution in [2.45, 2.75) is 39.7 Å². The summed E-state index contributed by atoms with van der Waals surface area (Å²) in [6.07, 6.45) is 0.637. The molecule has 0 aliphatic rings. The van der Waals surface area contributed by atoms with E-state index in [2.05, 4.69) is 15.4 Å². The second-order valence-electron chi connectivity index (χ2n) is 7.03. The predicted octanol–water partition coefficient (Wildman–Crippen LogP) is 4.12. The number of ether oxygens (including phenoxy) is 1. The zero-order valence-electron chi connectivity index (χ0n) is 16.3. The van der Waals surface area contributed by atoms with E-state index >= 15 is 0 Å². The number of amides is 1. The van der Waals surface area contributed by atoms with Crippen LogP contribution in [0, 0.1) is 13.8 Å². The van der Waals surface area contributed by atoms with Crippen LogP contribution >= 0.6 is 22.9 Å². The third-order valence-corrected chi connectivity index (χ3v) is 5.25.